The zero-order chi connectivity index (χ0) is 15.8. The Labute approximate surface area is 127 Å². The third kappa shape index (κ3) is 4.68. The van der Waals surface area contributed by atoms with E-state index in [1.807, 2.05) is 30.3 Å². The van der Waals surface area contributed by atoms with Crippen LogP contribution in [-0.2, 0) is 11.3 Å². The minimum Gasteiger partial charge on any atom is -0.445 e. The highest BCUT2D eigenvalue weighted by Crippen LogP contribution is 2.05. The second kappa shape index (κ2) is 7.50. The van der Waals surface area contributed by atoms with Crippen LogP contribution in [0.25, 0.3) is 0 Å². The SMILES string of the molecule is Nc1ncc(C#CCNC(=O)OCc2ccccc2)nc1N. The number of nitrogens with one attached hydrogen (secondary N) is 1. The number of benzene rings is 1. The van der Waals surface area contributed by atoms with Crippen LogP contribution in [0.1, 0.15) is 11.3 Å². The Morgan fingerprint density at radius 3 is 2.73 bits per heavy atom. The van der Waals surface area contributed by atoms with E-state index in [-0.39, 0.29) is 24.8 Å². The number of alkyl carbamates (subject to hydrolysis) is 1. The fourth-order valence-electron chi connectivity index (χ4n) is 1.50. The van der Waals surface area contributed by atoms with Crippen molar-refractivity contribution in [2.75, 3.05) is 18.0 Å². The second-order valence-corrected chi connectivity index (χ2v) is 4.24. The smallest absolute Gasteiger partial charge is 0.408 e. The maximum absolute atomic E-state index is 11.5. The second-order valence-electron chi connectivity index (χ2n) is 4.24. The van der Waals surface area contributed by atoms with Gasteiger partial charge in [0, 0.05) is 0 Å². The molecule has 0 saturated carbocycles. The monoisotopic (exact) mass is 297 g/mol. The molecule has 5 N–H and O–H groups in total. The van der Waals surface area contributed by atoms with Gasteiger partial charge in [-0.05, 0) is 11.5 Å². The molecular formula is C15H15N5O2. The number of amides is 1. The number of nitrogen functional groups attached to an aromatic ring is 2. The molecule has 7 heteroatoms. The van der Waals surface area contributed by atoms with Crippen LogP contribution in [0.2, 0.25) is 0 Å². The van der Waals surface area contributed by atoms with Crippen molar-refractivity contribution in [1.29, 1.82) is 0 Å². The lowest BCUT2D eigenvalue weighted by Gasteiger charge is -2.04. The molecule has 0 aliphatic heterocycles. The fourth-order valence-corrected chi connectivity index (χ4v) is 1.50. The molecule has 0 radical (unpaired) electrons. The highest BCUT2D eigenvalue weighted by atomic mass is 16.5. The largest absolute Gasteiger partial charge is 0.445 e. The molecule has 0 unspecified atom stereocenters. The van der Waals surface area contributed by atoms with Crippen molar-refractivity contribution < 1.29 is 9.53 Å². The minimum atomic E-state index is -0.541. The van der Waals surface area contributed by atoms with Crippen LogP contribution in [0.5, 0.6) is 0 Å². The molecule has 2 aromatic rings. The van der Waals surface area contributed by atoms with Gasteiger partial charge in [0.1, 0.15) is 12.3 Å². The molecule has 0 atom stereocenters. The first-order valence-electron chi connectivity index (χ1n) is 6.46. The quantitative estimate of drug-likeness (QED) is 0.725. The molecule has 0 aliphatic carbocycles. The van der Waals surface area contributed by atoms with Crippen molar-refractivity contribution in [3.05, 3.63) is 47.8 Å². The summed E-state index contributed by atoms with van der Waals surface area (Å²) in [6.45, 7) is 0.333. The van der Waals surface area contributed by atoms with Crippen molar-refractivity contribution in [3.8, 4) is 11.8 Å². The van der Waals surface area contributed by atoms with Crippen molar-refractivity contribution >= 4 is 17.7 Å². The fraction of sp³-hybridized carbons (Fsp3) is 0.133. The maximum Gasteiger partial charge on any atom is 0.408 e. The van der Waals surface area contributed by atoms with Crippen LogP contribution in [0, 0.1) is 11.8 Å². The number of anilines is 2. The molecule has 22 heavy (non-hydrogen) atoms. The van der Waals surface area contributed by atoms with Crippen LogP contribution in [0.15, 0.2) is 36.5 Å². The zero-order valence-corrected chi connectivity index (χ0v) is 11.7. The van der Waals surface area contributed by atoms with Gasteiger partial charge in [0.15, 0.2) is 11.6 Å². The Bertz CT molecular complexity index is 707. The van der Waals surface area contributed by atoms with E-state index in [2.05, 4.69) is 27.1 Å². The first kappa shape index (κ1) is 15.1. The Morgan fingerprint density at radius 1 is 1.23 bits per heavy atom. The number of hydrogen-bond acceptors (Lipinski definition) is 6. The molecule has 0 spiro atoms. The summed E-state index contributed by atoms with van der Waals surface area (Å²) >= 11 is 0. The van der Waals surface area contributed by atoms with E-state index >= 15 is 0 Å². The van der Waals surface area contributed by atoms with Crippen molar-refractivity contribution in [1.82, 2.24) is 15.3 Å². The van der Waals surface area contributed by atoms with Gasteiger partial charge in [-0.15, -0.1) is 0 Å². The highest BCUT2D eigenvalue weighted by Gasteiger charge is 2.00. The Hall–Kier alpha value is -3.27. The number of ether oxygens (including phenoxy) is 1. The highest BCUT2D eigenvalue weighted by molar-refractivity contribution is 5.67. The third-order valence-corrected chi connectivity index (χ3v) is 2.58. The van der Waals surface area contributed by atoms with Crippen molar-refractivity contribution in [3.63, 3.8) is 0 Å². The van der Waals surface area contributed by atoms with E-state index in [9.17, 15) is 4.79 Å². The summed E-state index contributed by atoms with van der Waals surface area (Å²) in [5.74, 6) is 5.72. The molecule has 112 valence electrons. The topological polar surface area (TPSA) is 116 Å². The third-order valence-electron chi connectivity index (χ3n) is 2.58. The molecule has 1 aromatic heterocycles. The van der Waals surface area contributed by atoms with Crippen LogP contribution < -0.4 is 16.8 Å². The lowest BCUT2D eigenvalue weighted by atomic mass is 10.2. The van der Waals surface area contributed by atoms with E-state index in [0.717, 1.165) is 5.56 Å². The first-order chi connectivity index (χ1) is 10.6. The molecule has 2 rings (SSSR count). The summed E-state index contributed by atoms with van der Waals surface area (Å²) in [5, 5.41) is 2.51. The van der Waals surface area contributed by atoms with E-state index in [0.29, 0.717) is 5.69 Å². The van der Waals surface area contributed by atoms with Gasteiger partial charge in [-0.2, -0.15) is 0 Å². The predicted molar refractivity (Wildman–Crippen MR) is 82.4 cm³/mol. The Balaban J connectivity index is 1.75. The average Bonchev–Trinajstić information content (AvgIpc) is 2.54. The summed E-state index contributed by atoms with van der Waals surface area (Å²) in [7, 11) is 0. The summed E-state index contributed by atoms with van der Waals surface area (Å²) in [6.07, 6.45) is 0.868. The van der Waals surface area contributed by atoms with Gasteiger partial charge in [0.25, 0.3) is 0 Å². The van der Waals surface area contributed by atoms with E-state index in [1.165, 1.54) is 6.20 Å². The molecule has 0 bridgehead atoms. The molecule has 1 amide bonds. The van der Waals surface area contributed by atoms with E-state index < -0.39 is 6.09 Å². The molecular weight excluding hydrogens is 282 g/mol. The summed E-state index contributed by atoms with van der Waals surface area (Å²) in [5.41, 5.74) is 12.3. The number of rotatable bonds is 3. The lowest BCUT2D eigenvalue weighted by Crippen LogP contribution is -2.24. The summed E-state index contributed by atoms with van der Waals surface area (Å²) in [6, 6.07) is 9.39. The van der Waals surface area contributed by atoms with Gasteiger partial charge < -0.3 is 21.5 Å². The van der Waals surface area contributed by atoms with E-state index in [4.69, 9.17) is 16.2 Å². The number of carbonyl (C=O) groups is 1. The number of nitrogens with zero attached hydrogens (tertiary/aromatic N) is 2. The molecule has 0 saturated heterocycles. The normalized spacial score (nSPS) is 9.45. The average molecular weight is 297 g/mol. The van der Waals surface area contributed by atoms with Crippen LogP contribution in [0.4, 0.5) is 16.4 Å². The van der Waals surface area contributed by atoms with Gasteiger partial charge in [0.2, 0.25) is 0 Å². The number of hydrogen-bond donors (Lipinski definition) is 3. The molecule has 1 aromatic carbocycles. The molecule has 0 fully saturated rings. The Morgan fingerprint density at radius 2 is 2.00 bits per heavy atom. The zero-order valence-electron chi connectivity index (χ0n) is 11.7. The van der Waals surface area contributed by atoms with Crippen LogP contribution in [0.3, 0.4) is 0 Å². The van der Waals surface area contributed by atoms with Crippen LogP contribution in [-0.4, -0.2) is 22.6 Å². The summed E-state index contributed by atoms with van der Waals surface area (Å²) < 4.78 is 5.03. The van der Waals surface area contributed by atoms with Gasteiger partial charge in [-0.3, -0.25) is 0 Å². The van der Waals surface area contributed by atoms with Crippen LogP contribution >= 0.6 is 0 Å². The predicted octanol–water partition coefficient (Wildman–Crippen LogP) is 0.919. The number of carbonyl (C=O) groups excluding carboxylic acids is 1. The van der Waals surface area contributed by atoms with Crippen molar-refractivity contribution in [2.45, 2.75) is 6.61 Å². The molecule has 7 nitrogen and oxygen atoms in total. The number of aromatic nitrogens is 2. The van der Waals surface area contributed by atoms with Gasteiger partial charge in [-0.25, -0.2) is 14.8 Å². The van der Waals surface area contributed by atoms with Gasteiger partial charge in [0.05, 0.1) is 12.7 Å². The Kier molecular flexibility index (Phi) is 5.15. The maximum atomic E-state index is 11.5. The molecule has 1 heterocycles. The standard InChI is InChI=1S/C15H15N5O2/c16-13-14(17)20-12(9-19-13)7-4-8-18-15(21)22-10-11-5-2-1-3-6-11/h1-3,5-6,9H,8,10H2,(H2,16,19)(H2,17,20)(H,18,21). The minimum absolute atomic E-state index is 0.125. The van der Waals surface area contributed by atoms with Gasteiger partial charge >= 0.3 is 6.09 Å². The van der Waals surface area contributed by atoms with Crippen molar-refractivity contribution in [2.24, 2.45) is 0 Å². The first-order valence-corrected chi connectivity index (χ1v) is 6.46. The number of nitrogens with two attached hydrogens (primary N) is 2. The molecule has 0 aliphatic rings. The lowest BCUT2D eigenvalue weighted by molar-refractivity contribution is 0.141. The summed E-state index contributed by atoms with van der Waals surface area (Å²) in [4.78, 5) is 19.2. The van der Waals surface area contributed by atoms with Gasteiger partial charge in [-0.1, -0.05) is 36.3 Å². The van der Waals surface area contributed by atoms with E-state index in [1.54, 1.807) is 0 Å².